The number of amides is 1. The van der Waals surface area contributed by atoms with Gasteiger partial charge in [-0.05, 0) is 18.1 Å². The Hall–Kier alpha value is -2.40. The van der Waals surface area contributed by atoms with Gasteiger partial charge in [0, 0.05) is 18.5 Å². The van der Waals surface area contributed by atoms with Gasteiger partial charge in [-0.15, -0.1) is 0 Å². The molecule has 1 heterocycles. The summed E-state index contributed by atoms with van der Waals surface area (Å²) >= 11 is 0. The lowest BCUT2D eigenvalue weighted by Gasteiger charge is -2.26. The summed E-state index contributed by atoms with van der Waals surface area (Å²) < 4.78 is 25.9. The van der Waals surface area contributed by atoms with Gasteiger partial charge in [0.2, 0.25) is 15.9 Å². The molecule has 1 unspecified atom stereocenters. The summed E-state index contributed by atoms with van der Waals surface area (Å²) in [7, 11) is -3.70. The number of aryl methyl sites for hydroxylation is 1. The van der Waals surface area contributed by atoms with Crippen molar-refractivity contribution in [2.45, 2.75) is 25.0 Å². The van der Waals surface area contributed by atoms with Crippen LogP contribution in [0.1, 0.15) is 29.0 Å². The van der Waals surface area contributed by atoms with Crippen molar-refractivity contribution < 1.29 is 13.2 Å². The maximum atomic E-state index is 12.5. The fraction of sp³-hybridized carbons (Fsp3) is 0.211. The van der Waals surface area contributed by atoms with Crippen molar-refractivity contribution in [3.63, 3.8) is 0 Å². The first kappa shape index (κ1) is 16.5. The van der Waals surface area contributed by atoms with E-state index in [-0.39, 0.29) is 24.0 Å². The molecule has 0 radical (unpaired) electrons. The van der Waals surface area contributed by atoms with E-state index in [2.05, 4.69) is 0 Å². The van der Waals surface area contributed by atoms with E-state index < -0.39 is 10.0 Å². The summed E-state index contributed by atoms with van der Waals surface area (Å²) in [4.78, 5) is 12.4. The number of sulfonamides is 1. The van der Waals surface area contributed by atoms with Crippen LogP contribution in [0.25, 0.3) is 0 Å². The Morgan fingerprint density at radius 1 is 1.04 bits per heavy atom. The summed E-state index contributed by atoms with van der Waals surface area (Å²) in [5, 5.41) is 0. The molecule has 124 valence electrons. The summed E-state index contributed by atoms with van der Waals surface area (Å²) in [5.74, 6) is -0.653. The van der Waals surface area contributed by atoms with E-state index in [1.165, 1.54) is 6.20 Å². The fourth-order valence-electron chi connectivity index (χ4n) is 2.76. The fourth-order valence-corrected chi connectivity index (χ4v) is 4.15. The van der Waals surface area contributed by atoms with Gasteiger partial charge in [0.05, 0.1) is 5.75 Å². The summed E-state index contributed by atoms with van der Waals surface area (Å²) in [6.07, 6.45) is 3.34. The molecule has 2 aromatic carbocycles. The Labute approximate surface area is 142 Å². The zero-order valence-electron chi connectivity index (χ0n) is 13.4. The molecule has 1 atom stereocenters. The molecule has 0 aliphatic carbocycles. The molecule has 0 N–H and O–H groups in total. The number of carbonyl (C=O) groups excluding carboxylic acids is 1. The molecule has 1 aliphatic heterocycles. The average molecular weight is 341 g/mol. The highest BCUT2D eigenvalue weighted by atomic mass is 32.2. The molecule has 0 saturated carbocycles. The minimum Gasteiger partial charge on any atom is -0.273 e. The third kappa shape index (κ3) is 3.57. The minimum absolute atomic E-state index is 0.0822. The van der Waals surface area contributed by atoms with Crippen LogP contribution < -0.4 is 0 Å². The molecule has 3 rings (SSSR count). The van der Waals surface area contributed by atoms with Crippen LogP contribution in [0.4, 0.5) is 0 Å². The van der Waals surface area contributed by atoms with E-state index in [0.29, 0.717) is 5.56 Å². The third-order valence-electron chi connectivity index (χ3n) is 4.09. The van der Waals surface area contributed by atoms with E-state index in [1.54, 1.807) is 30.3 Å². The van der Waals surface area contributed by atoms with Crippen LogP contribution in [-0.2, 0) is 20.6 Å². The van der Waals surface area contributed by atoms with Crippen molar-refractivity contribution >= 4 is 15.9 Å². The van der Waals surface area contributed by atoms with E-state index in [0.717, 1.165) is 15.4 Å². The van der Waals surface area contributed by atoms with Crippen molar-refractivity contribution in [1.82, 2.24) is 4.31 Å². The van der Waals surface area contributed by atoms with Crippen LogP contribution in [0, 0.1) is 6.92 Å². The third-order valence-corrected chi connectivity index (χ3v) is 5.71. The average Bonchev–Trinajstić information content (AvgIpc) is 2.55. The van der Waals surface area contributed by atoms with Gasteiger partial charge in [0.1, 0.15) is 0 Å². The zero-order valence-corrected chi connectivity index (χ0v) is 14.2. The second-order valence-electron chi connectivity index (χ2n) is 5.99. The van der Waals surface area contributed by atoms with Crippen molar-refractivity contribution in [1.29, 1.82) is 0 Å². The second kappa shape index (κ2) is 6.61. The van der Waals surface area contributed by atoms with Gasteiger partial charge in [-0.2, -0.15) is 0 Å². The van der Waals surface area contributed by atoms with Crippen LogP contribution in [-0.4, -0.2) is 18.6 Å². The van der Waals surface area contributed by atoms with Gasteiger partial charge < -0.3 is 0 Å². The van der Waals surface area contributed by atoms with Gasteiger partial charge in [0.15, 0.2) is 0 Å². The van der Waals surface area contributed by atoms with Crippen LogP contribution in [0.5, 0.6) is 0 Å². The molecular formula is C19H19NO3S. The smallest absolute Gasteiger partial charge is 0.245 e. The highest BCUT2D eigenvalue weighted by Crippen LogP contribution is 2.28. The monoisotopic (exact) mass is 341 g/mol. The number of hydrogen-bond donors (Lipinski definition) is 0. The quantitative estimate of drug-likeness (QED) is 0.857. The molecule has 0 saturated heterocycles. The van der Waals surface area contributed by atoms with Crippen LogP contribution in [0.3, 0.4) is 0 Å². The van der Waals surface area contributed by atoms with E-state index >= 15 is 0 Å². The van der Waals surface area contributed by atoms with E-state index in [4.69, 9.17) is 0 Å². The first-order chi connectivity index (χ1) is 11.5. The van der Waals surface area contributed by atoms with Gasteiger partial charge in [-0.1, -0.05) is 66.2 Å². The van der Waals surface area contributed by atoms with Crippen molar-refractivity contribution in [3.8, 4) is 0 Å². The largest absolute Gasteiger partial charge is 0.273 e. The molecule has 2 aromatic rings. The number of rotatable bonds is 4. The molecule has 24 heavy (non-hydrogen) atoms. The molecular weight excluding hydrogens is 322 g/mol. The molecule has 1 amide bonds. The number of benzene rings is 2. The highest BCUT2D eigenvalue weighted by molar-refractivity contribution is 7.88. The summed E-state index contributed by atoms with van der Waals surface area (Å²) in [6, 6.07) is 16.8. The van der Waals surface area contributed by atoms with Gasteiger partial charge in [-0.25, -0.2) is 12.7 Å². The Morgan fingerprint density at radius 2 is 1.71 bits per heavy atom. The maximum absolute atomic E-state index is 12.5. The summed E-state index contributed by atoms with van der Waals surface area (Å²) in [6.45, 7) is 2.00. The van der Waals surface area contributed by atoms with Gasteiger partial charge >= 0.3 is 0 Å². The lowest BCUT2D eigenvalue weighted by atomic mass is 9.93. The first-order valence-electron chi connectivity index (χ1n) is 7.79. The normalized spacial score (nSPS) is 18.0. The molecule has 0 aromatic heterocycles. The molecule has 0 spiro atoms. The second-order valence-corrected chi connectivity index (χ2v) is 7.84. The van der Waals surface area contributed by atoms with Crippen molar-refractivity contribution in [2.24, 2.45) is 0 Å². The predicted molar refractivity (Wildman–Crippen MR) is 93.6 cm³/mol. The van der Waals surface area contributed by atoms with Crippen molar-refractivity contribution in [3.05, 3.63) is 83.6 Å². The lowest BCUT2D eigenvalue weighted by Crippen LogP contribution is -2.36. The van der Waals surface area contributed by atoms with Crippen LogP contribution >= 0.6 is 0 Å². The lowest BCUT2D eigenvalue weighted by molar-refractivity contribution is -0.125. The Kier molecular flexibility index (Phi) is 4.53. The van der Waals surface area contributed by atoms with E-state index in [9.17, 15) is 13.2 Å². The zero-order chi connectivity index (χ0) is 17.2. The van der Waals surface area contributed by atoms with Crippen molar-refractivity contribution in [2.75, 3.05) is 0 Å². The number of nitrogens with zero attached hydrogens (tertiary/aromatic N) is 1. The Bertz CT molecular complexity index is 855. The number of carbonyl (C=O) groups is 1. The Morgan fingerprint density at radius 3 is 2.33 bits per heavy atom. The topological polar surface area (TPSA) is 54.5 Å². The molecule has 0 fully saturated rings. The van der Waals surface area contributed by atoms with Gasteiger partial charge in [-0.3, -0.25) is 4.79 Å². The molecule has 1 aliphatic rings. The molecule has 4 nitrogen and oxygen atoms in total. The highest BCUT2D eigenvalue weighted by Gasteiger charge is 2.30. The standard InChI is InChI=1S/C19H19NO3S/c1-15-7-9-17(10-8-15)18-11-12-20(19(21)13-18)24(22,23)14-16-5-3-2-4-6-16/h2-12,18H,13-14H2,1H3. The Balaban J connectivity index is 1.79. The first-order valence-corrected chi connectivity index (χ1v) is 9.40. The predicted octanol–water partition coefficient (Wildman–Crippen LogP) is 3.35. The number of allylic oxidation sites excluding steroid dienone is 1. The molecule has 5 heteroatoms. The minimum atomic E-state index is -3.70. The maximum Gasteiger partial charge on any atom is 0.245 e. The molecule has 0 bridgehead atoms. The van der Waals surface area contributed by atoms with Crippen LogP contribution in [0.2, 0.25) is 0 Å². The van der Waals surface area contributed by atoms with Crippen LogP contribution in [0.15, 0.2) is 66.9 Å². The van der Waals surface area contributed by atoms with E-state index in [1.807, 2.05) is 37.3 Å². The SMILES string of the molecule is Cc1ccc(C2C=CN(S(=O)(=O)Cc3ccccc3)C(=O)C2)cc1. The summed E-state index contributed by atoms with van der Waals surface area (Å²) in [5.41, 5.74) is 2.83. The van der Waals surface area contributed by atoms with Gasteiger partial charge in [0.25, 0.3) is 0 Å². The number of hydrogen-bond acceptors (Lipinski definition) is 3.